The minimum Gasteiger partial charge on any atom is -0.508 e. The molecule has 0 bridgehead atoms. The molecule has 3 nitrogen and oxygen atoms in total. The third kappa shape index (κ3) is 2.21. The van der Waals surface area contributed by atoms with Crippen LogP contribution in [0.4, 0.5) is 0 Å². The smallest absolute Gasteiger partial charge is 0.121 e. The van der Waals surface area contributed by atoms with Crippen molar-refractivity contribution in [1.82, 2.24) is 4.68 Å². The lowest BCUT2D eigenvalue weighted by Gasteiger charge is -2.14. The van der Waals surface area contributed by atoms with Crippen molar-refractivity contribution < 1.29 is 5.11 Å². The van der Waals surface area contributed by atoms with E-state index in [9.17, 15) is 5.11 Å². The number of nitrogens with one attached hydrogen (secondary N) is 1. The molecule has 0 aliphatic carbocycles. The molecule has 0 unspecified atom stereocenters. The van der Waals surface area contributed by atoms with E-state index in [-0.39, 0.29) is 0 Å². The molecule has 5 aromatic rings. The Balaban J connectivity index is 1.64. The Kier molecular flexibility index (Phi) is 3.32. The van der Waals surface area contributed by atoms with Crippen molar-refractivity contribution in [2.24, 2.45) is 0 Å². The Bertz CT molecular complexity index is 1200. The molecule has 0 amide bonds. The zero-order chi connectivity index (χ0) is 17.5. The largest absolute Gasteiger partial charge is 0.508 e. The Morgan fingerprint density at radius 2 is 1.23 bits per heavy atom. The summed E-state index contributed by atoms with van der Waals surface area (Å²) in [5, 5.41) is 15.1. The maximum atomic E-state index is 10.4. The third-order valence-corrected chi connectivity index (χ3v) is 5.01. The van der Waals surface area contributed by atoms with Gasteiger partial charge in [-0.2, -0.15) is 0 Å². The molecule has 3 heteroatoms. The van der Waals surface area contributed by atoms with Crippen molar-refractivity contribution in [3.63, 3.8) is 0 Å². The highest BCUT2D eigenvalue weighted by molar-refractivity contribution is 6.08. The molecule has 0 spiro atoms. The van der Waals surface area contributed by atoms with Crippen LogP contribution < -0.4 is 5.43 Å². The van der Waals surface area contributed by atoms with E-state index in [2.05, 4.69) is 70.8 Å². The van der Waals surface area contributed by atoms with Crippen LogP contribution in [0.3, 0.4) is 0 Å². The van der Waals surface area contributed by atoms with E-state index in [0.717, 1.165) is 27.4 Å². The van der Waals surface area contributed by atoms with Crippen LogP contribution in [0.15, 0.2) is 84.9 Å². The number of phenols is 1. The normalized spacial score (nSPS) is 11.4. The first-order chi connectivity index (χ1) is 12.8. The van der Waals surface area contributed by atoms with Gasteiger partial charge >= 0.3 is 0 Å². The summed E-state index contributed by atoms with van der Waals surface area (Å²) < 4.78 is 2.12. The van der Waals surface area contributed by atoms with E-state index in [1.807, 2.05) is 18.2 Å². The van der Waals surface area contributed by atoms with E-state index in [1.165, 1.54) is 10.8 Å². The van der Waals surface area contributed by atoms with Crippen LogP contribution in [-0.2, 0) is 6.54 Å². The van der Waals surface area contributed by atoms with Crippen LogP contribution in [0.25, 0.3) is 32.6 Å². The van der Waals surface area contributed by atoms with Crippen LogP contribution in [0.2, 0.25) is 0 Å². The highest BCUT2D eigenvalue weighted by Gasteiger charge is 2.11. The SMILES string of the molecule is Oc1ccc2ccccc2c1CNn1c2ccccc2c2ccccc21. The first kappa shape index (κ1) is 14.8. The van der Waals surface area contributed by atoms with Gasteiger partial charge < -0.3 is 10.5 Å². The van der Waals surface area contributed by atoms with Crippen molar-refractivity contribution in [1.29, 1.82) is 0 Å². The highest BCUT2D eigenvalue weighted by atomic mass is 16.3. The van der Waals surface area contributed by atoms with Crippen molar-refractivity contribution >= 4 is 32.6 Å². The maximum absolute atomic E-state index is 10.4. The van der Waals surface area contributed by atoms with E-state index < -0.39 is 0 Å². The summed E-state index contributed by atoms with van der Waals surface area (Å²) in [7, 11) is 0. The first-order valence-electron chi connectivity index (χ1n) is 8.74. The second-order valence-electron chi connectivity index (χ2n) is 6.49. The molecule has 5 rings (SSSR count). The molecular formula is C23H18N2O. The maximum Gasteiger partial charge on any atom is 0.121 e. The van der Waals surface area contributed by atoms with Crippen LogP contribution in [0.1, 0.15) is 5.56 Å². The number of aromatic nitrogens is 1. The molecule has 126 valence electrons. The Labute approximate surface area is 151 Å². The van der Waals surface area contributed by atoms with Gasteiger partial charge in [-0.1, -0.05) is 66.7 Å². The zero-order valence-electron chi connectivity index (χ0n) is 14.2. The van der Waals surface area contributed by atoms with Gasteiger partial charge in [0, 0.05) is 16.3 Å². The number of aromatic hydroxyl groups is 1. The quantitative estimate of drug-likeness (QED) is 0.462. The second kappa shape index (κ2) is 5.81. The summed E-state index contributed by atoms with van der Waals surface area (Å²) >= 11 is 0. The number of hydrogen-bond acceptors (Lipinski definition) is 2. The fourth-order valence-corrected chi connectivity index (χ4v) is 3.76. The first-order valence-corrected chi connectivity index (χ1v) is 8.74. The summed E-state index contributed by atoms with van der Waals surface area (Å²) in [4.78, 5) is 0. The number of benzene rings is 4. The molecule has 0 atom stereocenters. The highest BCUT2D eigenvalue weighted by Crippen LogP contribution is 2.30. The minimum atomic E-state index is 0.317. The summed E-state index contributed by atoms with van der Waals surface area (Å²) in [6, 6.07) is 28.6. The molecule has 26 heavy (non-hydrogen) atoms. The average Bonchev–Trinajstić information content (AvgIpc) is 3.01. The topological polar surface area (TPSA) is 37.2 Å². The standard InChI is InChI=1S/C23H18N2O/c26-23-14-13-16-7-1-2-8-17(16)20(23)15-24-25-21-11-5-3-9-18(21)19-10-4-6-12-22(19)25/h1-14,24,26H,15H2. The Hall–Kier alpha value is -3.46. The van der Waals surface area contributed by atoms with E-state index in [1.54, 1.807) is 6.07 Å². The van der Waals surface area contributed by atoms with Gasteiger partial charge in [0.05, 0.1) is 17.6 Å². The number of fused-ring (bicyclic) bond motifs is 4. The van der Waals surface area contributed by atoms with Crippen molar-refractivity contribution in [3.05, 3.63) is 90.5 Å². The van der Waals surface area contributed by atoms with Gasteiger partial charge in [-0.05, 0) is 29.0 Å². The number of para-hydroxylation sites is 2. The summed E-state index contributed by atoms with van der Waals surface area (Å²) in [6.45, 7) is 0.538. The molecule has 0 aliphatic heterocycles. The molecule has 0 saturated heterocycles. The number of phenolic OH excluding ortho intramolecular Hbond substituents is 1. The lowest BCUT2D eigenvalue weighted by molar-refractivity contribution is 0.469. The van der Waals surface area contributed by atoms with Crippen molar-refractivity contribution in [3.8, 4) is 5.75 Å². The second-order valence-corrected chi connectivity index (χ2v) is 6.49. The van der Waals surface area contributed by atoms with Gasteiger partial charge in [0.25, 0.3) is 0 Å². The summed E-state index contributed by atoms with van der Waals surface area (Å²) in [5.41, 5.74) is 6.69. The fourth-order valence-electron chi connectivity index (χ4n) is 3.76. The van der Waals surface area contributed by atoms with E-state index in [4.69, 9.17) is 0 Å². The molecule has 4 aromatic carbocycles. The molecular weight excluding hydrogens is 320 g/mol. The Morgan fingerprint density at radius 3 is 1.92 bits per heavy atom. The zero-order valence-corrected chi connectivity index (χ0v) is 14.2. The predicted octanol–water partition coefficient (Wildman–Crippen LogP) is 5.40. The lowest BCUT2D eigenvalue weighted by atomic mass is 10.0. The van der Waals surface area contributed by atoms with Crippen molar-refractivity contribution in [2.45, 2.75) is 6.54 Å². The summed E-state index contributed by atoms with van der Waals surface area (Å²) in [5.74, 6) is 0.317. The molecule has 0 saturated carbocycles. The predicted molar refractivity (Wildman–Crippen MR) is 108 cm³/mol. The molecule has 0 aliphatic rings. The Morgan fingerprint density at radius 1 is 0.654 bits per heavy atom. The van der Waals surface area contributed by atoms with E-state index in [0.29, 0.717) is 12.3 Å². The third-order valence-electron chi connectivity index (χ3n) is 5.01. The molecule has 0 fully saturated rings. The van der Waals surface area contributed by atoms with Gasteiger partial charge in [-0.15, -0.1) is 0 Å². The van der Waals surface area contributed by atoms with Crippen molar-refractivity contribution in [2.75, 3.05) is 5.43 Å². The summed E-state index contributed by atoms with van der Waals surface area (Å²) in [6.07, 6.45) is 0. The van der Waals surface area contributed by atoms with Crippen LogP contribution >= 0.6 is 0 Å². The van der Waals surface area contributed by atoms with Gasteiger partial charge in [-0.25, -0.2) is 0 Å². The number of rotatable bonds is 3. The fraction of sp³-hybridized carbons (Fsp3) is 0.0435. The van der Waals surface area contributed by atoms with Gasteiger partial charge in [0.1, 0.15) is 5.75 Å². The molecule has 1 aromatic heterocycles. The van der Waals surface area contributed by atoms with E-state index >= 15 is 0 Å². The van der Waals surface area contributed by atoms with Crippen LogP contribution in [0.5, 0.6) is 5.75 Å². The molecule has 2 N–H and O–H groups in total. The minimum absolute atomic E-state index is 0.317. The number of hydrogen-bond donors (Lipinski definition) is 2. The van der Waals surface area contributed by atoms with Gasteiger partial charge in [-0.3, -0.25) is 4.68 Å². The van der Waals surface area contributed by atoms with Crippen LogP contribution in [0, 0.1) is 0 Å². The molecule has 0 radical (unpaired) electrons. The monoisotopic (exact) mass is 338 g/mol. The van der Waals surface area contributed by atoms with Crippen LogP contribution in [-0.4, -0.2) is 9.78 Å². The van der Waals surface area contributed by atoms with Gasteiger partial charge in [0.15, 0.2) is 0 Å². The average molecular weight is 338 g/mol. The molecule has 1 heterocycles. The van der Waals surface area contributed by atoms with Gasteiger partial charge in [0.2, 0.25) is 0 Å². The lowest BCUT2D eigenvalue weighted by Crippen LogP contribution is -2.14. The number of nitrogens with zero attached hydrogens (tertiary/aromatic N) is 1.